The summed E-state index contributed by atoms with van der Waals surface area (Å²) in [5, 5.41) is 4.18. The van der Waals surface area contributed by atoms with Crippen LogP contribution in [-0.4, -0.2) is 17.0 Å². The number of rotatable bonds is 4. The maximum atomic E-state index is 5.24. The van der Waals surface area contributed by atoms with Gasteiger partial charge in [0.05, 0.1) is 5.69 Å². The summed E-state index contributed by atoms with van der Waals surface area (Å²) in [5.41, 5.74) is 2.12. The lowest BCUT2D eigenvalue weighted by Gasteiger charge is -1.97. The van der Waals surface area contributed by atoms with Gasteiger partial charge < -0.3 is 9.73 Å². The smallest absolute Gasteiger partial charge is 0.191 e. The Morgan fingerprint density at radius 2 is 2.29 bits per heavy atom. The third-order valence-electron chi connectivity index (χ3n) is 2.87. The summed E-state index contributed by atoms with van der Waals surface area (Å²) in [6, 6.07) is 0. The Kier molecular flexibility index (Phi) is 2.72. The standard InChI is InChI=1S/C12H15N3OS/c1-7-14-9(6-16-7)12-15-11(8-3-4-8)10(17-12)5-13-2/h6,8,13H,3-5H2,1-2H3. The number of thiazole rings is 1. The van der Waals surface area contributed by atoms with E-state index in [1.807, 2.05) is 14.0 Å². The molecule has 5 heteroatoms. The molecule has 1 N–H and O–H groups in total. The molecule has 0 radical (unpaired) electrons. The molecule has 1 aliphatic carbocycles. The molecule has 17 heavy (non-hydrogen) atoms. The highest BCUT2D eigenvalue weighted by molar-refractivity contribution is 7.15. The van der Waals surface area contributed by atoms with Gasteiger partial charge in [0.25, 0.3) is 0 Å². The molecular formula is C12H15N3OS. The Morgan fingerprint density at radius 1 is 1.47 bits per heavy atom. The molecule has 4 nitrogen and oxygen atoms in total. The Morgan fingerprint density at radius 3 is 2.88 bits per heavy atom. The molecule has 0 saturated heterocycles. The predicted molar refractivity (Wildman–Crippen MR) is 67.1 cm³/mol. The zero-order chi connectivity index (χ0) is 11.8. The summed E-state index contributed by atoms with van der Waals surface area (Å²) >= 11 is 1.72. The first-order valence-electron chi connectivity index (χ1n) is 5.84. The first-order chi connectivity index (χ1) is 8.28. The molecule has 1 aliphatic rings. The van der Waals surface area contributed by atoms with Gasteiger partial charge in [-0.1, -0.05) is 0 Å². The third-order valence-corrected chi connectivity index (χ3v) is 3.96. The Bertz CT molecular complexity index is 528. The molecule has 3 rings (SSSR count). The van der Waals surface area contributed by atoms with Gasteiger partial charge in [-0.15, -0.1) is 11.3 Å². The average Bonchev–Trinajstić information content (AvgIpc) is 2.93. The second-order valence-electron chi connectivity index (χ2n) is 4.38. The van der Waals surface area contributed by atoms with Crippen LogP contribution in [-0.2, 0) is 6.54 Å². The summed E-state index contributed by atoms with van der Waals surface area (Å²) in [4.78, 5) is 10.4. The number of aryl methyl sites for hydroxylation is 1. The van der Waals surface area contributed by atoms with Crippen molar-refractivity contribution in [3.8, 4) is 10.7 Å². The average molecular weight is 249 g/mol. The minimum atomic E-state index is 0.677. The highest BCUT2D eigenvalue weighted by Crippen LogP contribution is 2.44. The van der Waals surface area contributed by atoms with Crippen LogP contribution in [0.5, 0.6) is 0 Å². The molecule has 90 valence electrons. The van der Waals surface area contributed by atoms with Crippen molar-refractivity contribution >= 4 is 11.3 Å². The van der Waals surface area contributed by atoms with Crippen molar-refractivity contribution < 1.29 is 4.42 Å². The van der Waals surface area contributed by atoms with E-state index in [0.717, 1.165) is 17.2 Å². The van der Waals surface area contributed by atoms with Gasteiger partial charge in [-0.25, -0.2) is 9.97 Å². The Balaban J connectivity index is 1.97. The van der Waals surface area contributed by atoms with E-state index >= 15 is 0 Å². The van der Waals surface area contributed by atoms with Crippen LogP contribution in [0.2, 0.25) is 0 Å². The molecule has 0 amide bonds. The van der Waals surface area contributed by atoms with E-state index in [-0.39, 0.29) is 0 Å². The SMILES string of the molecule is CNCc1sc(-c2coc(C)n2)nc1C1CC1. The topological polar surface area (TPSA) is 51.0 Å². The quantitative estimate of drug-likeness (QED) is 0.905. The number of nitrogens with zero attached hydrogens (tertiary/aromatic N) is 2. The fraction of sp³-hybridized carbons (Fsp3) is 0.500. The monoisotopic (exact) mass is 249 g/mol. The van der Waals surface area contributed by atoms with E-state index in [2.05, 4.69) is 10.3 Å². The Labute approximate surface area is 104 Å². The van der Waals surface area contributed by atoms with Gasteiger partial charge in [0.15, 0.2) is 5.89 Å². The lowest BCUT2D eigenvalue weighted by molar-refractivity contribution is 0.521. The van der Waals surface area contributed by atoms with Crippen molar-refractivity contribution in [2.45, 2.75) is 32.2 Å². The van der Waals surface area contributed by atoms with E-state index in [0.29, 0.717) is 11.8 Å². The van der Waals surface area contributed by atoms with E-state index in [1.165, 1.54) is 23.4 Å². The molecule has 0 spiro atoms. The van der Waals surface area contributed by atoms with Crippen LogP contribution in [0.15, 0.2) is 10.7 Å². The van der Waals surface area contributed by atoms with Crippen molar-refractivity contribution in [1.29, 1.82) is 0 Å². The third kappa shape index (κ3) is 2.12. The molecule has 2 aromatic heterocycles. The number of aromatic nitrogens is 2. The van der Waals surface area contributed by atoms with Crippen molar-refractivity contribution in [2.75, 3.05) is 7.05 Å². The van der Waals surface area contributed by atoms with Crippen molar-refractivity contribution in [1.82, 2.24) is 15.3 Å². The van der Waals surface area contributed by atoms with Gasteiger partial charge in [-0.2, -0.15) is 0 Å². The molecule has 0 aliphatic heterocycles. The van der Waals surface area contributed by atoms with E-state index in [9.17, 15) is 0 Å². The van der Waals surface area contributed by atoms with Crippen LogP contribution in [0.4, 0.5) is 0 Å². The molecule has 1 fully saturated rings. The van der Waals surface area contributed by atoms with Crippen molar-refractivity contribution in [3.05, 3.63) is 22.7 Å². The van der Waals surface area contributed by atoms with Crippen molar-refractivity contribution in [3.63, 3.8) is 0 Å². The van der Waals surface area contributed by atoms with Crippen LogP contribution in [0.1, 0.15) is 35.2 Å². The van der Waals surface area contributed by atoms with Crippen molar-refractivity contribution in [2.24, 2.45) is 0 Å². The number of hydrogen-bond acceptors (Lipinski definition) is 5. The predicted octanol–water partition coefficient (Wildman–Crippen LogP) is 2.70. The van der Waals surface area contributed by atoms with E-state index < -0.39 is 0 Å². The molecule has 0 unspecified atom stereocenters. The lowest BCUT2D eigenvalue weighted by atomic mass is 10.2. The zero-order valence-corrected chi connectivity index (χ0v) is 10.8. The minimum absolute atomic E-state index is 0.677. The summed E-state index contributed by atoms with van der Waals surface area (Å²) in [6.45, 7) is 2.74. The largest absolute Gasteiger partial charge is 0.449 e. The molecular weight excluding hydrogens is 234 g/mol. The maximum absolute atomic E-state index is 5.24. The first-order valence-corrected chi connectivity index (χ1v) is 6.66. The normalized spacial score (nSPS) is 15.4. The van der Waals surface area contributed by atoms with Crippen LogP contribution in [0.25, 0.3) is 10.7 Å². The molecule has 0 atom stereocenters. The molecule has 0 bridgehead atoms. The minimum Gasteiger partial charge on any atom is -0.449 e. The molecule has 2 heterocycles. The first kappa shape index (κ1) is 10.9. The van der Waals surface area contributed by atoms with E-state index in [1.54, 1.807) is 17.6 Å². The van der Waals surface area contributed by atoms with Gasteiger partial charge in [0, 0.05) is 24.3 Å². The van der Waals surface area contributed by atoms with Gasteiger partial charge in [0.2, 0.25) is 0 Å². The zero-order valence-electron chi connectivity index (χ0n) is 9.99. The molecule has 1 saturated carbocycles. The fourth-order valence-corrected chi connectivity index (χ4v) is 3.01. The van der Waals surface area contributed by atoms with Crippen LogP contribution in [0.3, 0.4) is 0 Å². The van der Waals surface area contributed by atoms with E-state index in [4.69, 9.17) is 9.40 Å². The maximum Gasteiger partial charge on any atom is 0.191 e. The second kappa shape index (κ2) is 4.23. The van der Waals surface area contributed by atoms with Gasteiger partial charge in [-0.3, -0.25) is 0 Å². The summed E-state index contributed by atoms with van der Waals surface area (Å²) < 4.78 is 5.24. The van der Waals surface area contributed by atoms with Crippen LogP contribution in [0, 0.1) is 6.92 Å². The van der Waals surface area contributed by atoms with Crippen LogP contribution >= 0.6 is 11.3 Å². The molecule has 2 aromatic rings. The lowest BCUT2D eigenvalue weighted by Crippen LogP contribution is -2.05. The summed E-state index contributed by atoms with van der Waals surface area (Å²) in [7, 11) is 1.97. The number of nitrogens with one attached hydrogen (secondary N) is 1. The fourth-order valence-electron chi connectivity index (χ4n) is 1.90. The number of hydrogen-bond donors (Lipinski definition) is 1. The summed E-state index contributed by atoms with van der Waals surface area (Å²) in [6.07, 6.45) is 4.24. The molecule has 0 aromatic carbocycles. The second-order valence-corrected chi connectivity index (χ2v) is 5.47. The van der Waals surface area contributed by atoms with Gasteiger partial charge >= 0.3 is 0 Å². The van der Waals surface area contributed by atoms with Gasteiger partial charge in [-0.05, 0) is 19.9 Å². The van der Waals surface area contributed by atoms with Gasteiger partial charge in [0.1, 0.15) is 17.0 Å². The highest BCUT2D eigenvalue weighted by atomic mass is 32.1. The number of oxazole rings is 1. The van der Waals surface area contributed by atoms with Crippen LogP contribution < -0.4 is 5.32 Å². The highest BCUT2D eigenvalue weighted by Gasteiger charge is 2.29. The Hall–Kier alpha value is -1.20. The summed E-state index contributed by atoms with van der Waals surface area (Å²) in [5.74, 6) is 1.37.